The molecule has 0 aliphatic heterocycles. The second-order valence-corrected chi connectivity index (χ2v) is 8.93. The van der Waals surface area contributed by atoms with Crippen molar-refractivity contribution in [3.63, 3.8) is 0 Å². The van der Waals surface area contributed by atoms with Crippen molar-refractivity contribution in [2.24, 2.45) is 0 Å². The van der Waals surface area contributed by atoms with Gasteiger partial charge in [0.05, 0.1) is 4.90 Å². The van der Waals surface area contributed by atoms with Crippen LogP contribution in [0.4, 0.5) is 15.8 Å². The molecule has 3 aromatic rings. The molecule has 0 aliphatic rings. The molecule has 0 aromatic heterocycles. The van der Waals surface area contributed by atoms with Gasteiger partial charge in [0.1, 0.15) is 5.82 Å². The number of carbonyl (C=O) groups excluding carboxylic acids is 1. The predicted molar refractivity (Wildman–Crippen MR) is 125 cm³/mol. The lowest BCUT2D eigenvalue weighted by molar-refractivity contribution is 0.102. The fourth-order valence-corrected chi connectivity index (χ4v) is 4.18. The Balaban J connectivity index is 1.61. The molecule has 0 heterocycles. The second kappa shape index (κ2) is 10.4. The van der Waals surface area contributed by atoms with Crippen LogP contribution in [0.1, 0.15) is 29.8 Å². The Bertz CT molecular complexity index is 1140. The van der Waals surface area contributed by atoms with Gasteiger partial charge < -0.3 is 5.32 Å². The van der Waals surface area contributed by atoms with Crippen LogP contribution in [-0.2, 0) is 16.6 Å². The molecule has 0 aliphatic carbocycles. The smallest absolute Gasteiger partial charge is 0.261 e. The number of anilines is 2. The summed E-state index contributed by atoms with van der Waals surface area (Å²) in [5.41, 5.74) is 2.54. The fourth-order valence-electron chi connectivity index (χ4n) is 3.12. The van der Waals surface area contributed by atoms with Crippen LogP contribution >= 0.6 is 0 Å². The number of nitrogens with one attached hydrogen (secondary N) is 2. The maximum atomic E-state index is 13.0. The summed E-state index contributed by atoms with van der Waals surface area (Å²) >= 11 is 0. The van der Waals surface area contributed by atoms with Gasteiger partial charge in [0, 0.05) is 23.5 Å². The zero-order valence-corrected chi connectivity index (χ0v) is 18.8. The van der Waals surface area contributed by atoms with Crippen molar-refractivity contribution >= 4 is 27.3 Å². The third kappa shape index (κ3) is 6.15. The first-order valence-electron chi connectivity index (χ1n) is 10.3. The molecule has 3 aromatic carbocycles. The van der Waals surface area contributed by atoms with Crippen molar-refractivity contribution < 1.29 is 17.6 Å². The zero-order chi connectivity index (χ0) is 23.1. The standard InChI is InChI=1S/C24H26FN3O3S/c1-3-28(4-2)17-18-5-7-19(8-6-18)24(29)26-21-11-13-22(14-12-21)27-32(30,31)23-15-9-20(25)10-16-23/h5-16,27H,3-4,17H2,1-2H3,(H,26,29). The first kappa shape index (κ1) is 23.4. The molecule has 0 saturated carbocycles. The first-order valence-corrected chi connectivity index (χ1v) is 11.8. The number of carbonyl (C=O) groups is 1. The SMILES string of the molecule is CCN(CC)Cc1ccc(C(=O)Nc2ccc(NS(=O)(=O)c3ccc(F)cc3)cc2)cc1. The number of rotatable bonds is 9. The van der Waals surface area contributed by atoms with E-state index in [1.807, 2.05) is 12.1 Å². The Morgan fingerprint density at radius 3 is 1.97 bits per heavy atom. The quantitative estimate of drug-likeness (QED) is 0.489. The minimum Gasteiger partial charge on any atom is -0.322 e. The molecule has 2 N–H and O–H groups in total. The van der Waals surface area contributed by atoms with Gasteiger partial charge in [-0.3, -0.25) is 14.4 Å². The van der Waals surface area contributed by atoms with Gasteiger partial charge in [-0.1, -0.05) is 26.0 Å². The fraction of sp³-hybridized carbons (Fsp3) is 0.208. The molecule has 6 nitrogen and oxygen atoms in total. The molecule has 0 unspecified atom stereocenters. The monoisotopic (exact) mass is 455 g/mol. The van der Waals surface area contributed by atoms with E-state index in [0.29, 0.717) is 16.9 Å². The normalized spacial score (nSPS) is 11.4. The van der Waals surface area contributed by atoms with E-state index < -0.39 is 15.8 Å². The highest BCUT2D eigenvalue weighted by atomic mass is 32.2. The van der Waals surface area contributed by atoms with E-state index in [1.165, 1.54) is 12.1 Å². The van der Waals surface area contributed by atoms with E-state index in [2.05, 4.69) is 28.8 Å². The first-order chi connectivity index (χ1) is 15.3. The topological polar surface area (TPSA) is 78.5 Å². The highest BCUT2D eigenvalue weighted by Gasteiger charge is 2.14. The summed E-state index contributed by atoms with van der Waals surface area (Å²) < 4.78 is 40.2. The van der Waals surface area contributed by atoms with Crippen molar-refractivity contribution in [3.05, 3.63) is 89.7 Å². The summed E-state index contributed by atoms with van der Waals surface area (Å²) in [4.78, 5) is 14.8. The van der Waals surface area contributed by atoms with Crippen molar-refractivity contribution in [3.8, 4) is 0 Å². The third-order valence-corrected chi connectivity index (χ3v) is 6.43. The Morgan fingerprint density at radius 1 is 0.844 bits per heavy atom. The van der Waals surface area contributed by atoms with Gasteiger partial charge in [0.25, 0.3) is 15.9 Å². The van der Waals surface area contributed by atoms with E-state index in [4.69, 9.17) is 0 Å². The Labute approximate surface area is 188 Å². The van der Waals surface area contributed by atoms with Crippen LogP contribution in [0, 0.1) is 5.82 Å². The number of nitrogens with zero attached hydrogens (tertiary/aromatic N) is 1. The van der Waals surface area contributed by atoms with Gasteiger partial charge in [0.15, 0.2) is 0 Å². The van der Waals surface area contributed by atoms with Crippen molar-refractivity contribution in [2.75, 3.05) is 23.1 Å². The molecular weight excluding hydrogens is 429 g/mol. The average molecular weight is 456 g/mol. The lowest BCUT2D eigenvalue weighted by Gasteiger charge is -2.18. The summed E-state index contributed by atoms with van der Waals surface area (Å²) in [6.07, 6.45) is 0. The van der Waals surface area contributed by atoms with Crippen LogP contribution in [0.5, 0.6) is 0 Å². The van der Waals surface area contributed by atoms with Gasteiger partial charge in [-0.25, -0.2) is 12.8 Å². The zero-order valence-electron chi connectivity index (χ0n) is 18.0. The molecule has 168 valence electrons. The lowest BCUT2D eigenvalue weighted by atomic mass is 10.1. The van der Waals surface area contributed by atoms with Crippen molar-refractivity contribution in [1.29, 1.82) is 0 Å². The number of hydrogen-bond donors (Lipinski definition) is 2. The molecule has 3 rings (SSSR count). The number of amides is 1. The van der Waals surface area contributed by atoms with Crippen LogP contribution in [-0.4, -0.2) is 32.3 Å². The minimum absolute atomic E-state index is 0.0410. The summed E-state index contributed by atoms with van der Waals surface area (Å²) in [5.74, 6) is -0.762. The van der Waals surface area contributed by atoms with Crippen LogP contribution in [0.15, 0.2) is 77.7 Å². The summed E-state index contributed by atoms with van der Waals surface area (Å²) in [5, 5.41) is 2.80. The molecule has 0 radical (unpaired) electrons. The molecule has 0 bridgehead atoms. The molecule has 0 atom stereocenters. The van der Waals surface area contributed by atoms with Crippen LogP contribution in [0.3, 0.4) is 0 Å². The highest BCUT2D eigenvalue weighted by molar-refractivity contribution is 7.92. The van der Waals surface area contributed by atoms with E-state index in [9.17, 15) is 17.6 Å². The van der Waals surface area contributed by atoms with Crippen LogP contribution in [0.25, 0.3) is 0 Å². The number of halogens is 1. The molecule has 1 amide bonds. The Kier molecular flexibility index (Phi) is 7.61. The second-order valence-electron chi connectivity index (χ2n) is 7.25. The van der Waals surface area contributed by atoms with Gasteiger partial charge in [0.2, 0.25) is 0 Å². The summed E-state index contributed by atoms with van der Waals surface area (Å²) in [6.45, 7) is 7.00. The van der Waals surface area contributed by atoms with Crippen molar-refractivity contribution in [1.82, 2.24) is 4.90 Å². The molecule has 8 heteroatoms. The van der Waals surface area contributed by atoms with E-state index >= 15 is 0 Å². The number of sulfonamides is 1. The Hall–Kier alpha value is -3.23. The third-order valence-electron chi connectivity index (χ3n) is 5.04. The molecule has 0 saturated heterocycles. The summed E-state index contributed by atoms with van der Waals surface area (Å²) in [6, 6.07) is 18.3. The van der Waals surface area contributed by atoms with E-state index in [-0.39, 0.29) is 10.8 Å². The van der Waals surface area contributed by atoms with Crippen LogP contribution < -0.4 is 10.0 Å². The highest BCUT2D eigenvalue weighted by Crippen LogP contribution is 2.19. The van der Waals surface area contributed by atoms with Crippen LogP contribution in [0.2, 0.25) is 0 Å². The molecule has 0 fully saturated rings. The maximum absolute atomic E-state index is 13.0. The van der Waals surface area contributed by atoms with Gasteiger partial charge in [-0.2, -0.15) is 0 Å². The van der Waals surface area contributed by atoms with Crippen molar-refractivity contribution in [2.45, 2.75) is 25.3 Å². The van der Waals surface area contributed by atoms with Gasteiger partial charge >= 0.3 is 0 Å². The maximum Gasteiger partial charge on any atom is 0.261 e. The average Bonchev–Trinajstić information content (AvgIpc) is 2.79. The number of hydrogen-bond acceptors (Lipinski definition) is 4. The number of benzene rings is 3. The van der Waals surface area contributed by atoms with Gasteiger partial charge in [-0.15, -0.1) is 0 Å². The molecule has 32 heavy (non-hydrogen) atoms. The predicted octanol–water partition coefficient (Wildman–Crippen LogP) is 4.72. The van der Waals surface area contributed by atoms with E-state index in [0.717, 1.165) is 37.3 Å². The largest absolute Gasteiger partial charge is 0.322 e. The minimum atomic E-state index is -3.83. The lowest BCUT2D eigenvalue weighted by Crippen LogP contribution is -2.22. The molecular formula is C24H26FN3O3S. The Morgan fingerprint density at radius 2 is 1.41 bits per heavy atom. The summed E-state index contributed by atoms with van der Waals surface area (Å²) in [7, 11) is -3.83. The molecule has 0 spiro atoms. The van der Waals surface area contributed by atoms with Gasteiger partial charge in [-0.05, 0) is 79.3 Å². The van der Waals surface area contributed by atoms with E-state index in [1.54, 1.807) is 36.4 Å².